The van der Waals surface area contributed by atoms with Crippen molar-refractivity contribution in [1.29, 1.82) is 0 Å². The minimum atomic E-state index is 0.215. The monoisotopic (exact) mass is 241 g/mol. The van der Waals surface area contributed by atoms with Crippen LogP contribution in [0.1, 0.15) is 12.0 Å². The molecule has 1 aliphatic heterocycles. The Labute approximate surface area is 105 Å². The number of H-pyrrole nitrogens is 1. The van der Waals surface area contributed by atoms with Crippen molar-refractivity contribution in [1.82, 2.24) is 15.1 Å². The van der Waals surface area contributed by atoms with E-state index < -0.39 is 0 Å². The minimum absolute atomic E-state index is 0.215. The summed E-state index contributed by atoms with van der Waals surface area (Å²) in [5.41, 5.74) is 2.16. The van der Waals surface area contributed by atoms with Gasteiger partial charge in [-0.2, -0.15) is 5.10 Å². The highest BCUT2D eigenvalue weighted by molar-refractivity contribution is 5.80. The molecule has 4 nitrogen and oxygen atoms in total. The normalized spacial score (nSPS) is 19.7. The van der Waals surface area contributed by atoms with Crippen LogP contribution in [0, 0.1) is 5.92 Å². The number of benzene rings is 1. The number of fused-ring (bicyclic) bond motifs is 1. The van der Waals surface area contributed by atoms with Crippen LogP contribution >= 0.6 is 0 Å². The van der Waals surface area contributed by atoms with Gasteiger partial charge in [0, 0.05) is 30.8 Å². The number of hydrogen-bond donors (Lipinski definition) is 1. The van der Waals surface area contributed by atoms with E-state index >= 15 is 0 Å². The van der Waals surface area contributed by atoms with Gasteiger partial charge in [-0.05, 0) is 17.7 Å². The van der Waals surface area contributed by atoms with E-state index in [4.69, 9.17) is 0 Å². The van der Waals surface area contributed by atoms with Crippen molar-refractivity contribution >= 4 is 16.8 Å². The SMILES string of the molecule is C=CC1CC(=O)N(Cc2ccc3[nH]ncc3c2)C1. The highest BCUT2D eigenvalue weighted by atomic mass is 16.2. The number of carbonyl (C=O) groups is 1. The standard InChI is InChI=1S/C14H15N3O/c1-2-10-6-14(18)17(8-10)9-11-3-4-13-12(5-11)7-15-16-13/h2-5,7,10H,1,6,8-9H2,(H,15,16). The number of carbonyl (C=O) groups excluding carboxylic acids is 1. The lowest BCUT2D eigenvalue weighted by Gasteiger charge is -2.16. The Balaban J connectivity index is 1.79. The van der Waals surface area contributed by atoms with Gasteiger partial charge in [0.25, 0.3) is 0 Å². The molecule has 1 unspecified atom stereocenters. The summed E-state index contributed by atoms with van der Waals surface area (Å²) in [5, 5.41) is 8.00. The highest BCUT2D eigenvalue weighted by Crippen LogP contribution is 2.22. The number of nitrogens with one attached hydrogen (secondary N) is 1. The first-order chi connectivity index (χ1) is 8.76. The lowest BCUT2D eigenvalue weighted by molar-refractivity contribution is -0.128. The number of hydrogen-bond acceptors (Lipinski definition) is 2. The Bertz CT molecular complexity index is 602. The summed E-state index contributed by atoms with van der Waals surface area (Å²) >= 11 is 0. The summed E-state index contributed by atoms with van der Waals surface area (Å²) in [5.74, 6) is 0.516. The van der Waals surface area contributed by atoms with Crippen LogP contribution in [0.2, 0.25) is 0 Å². The first-order valence-electron chi connectivity index (χ1n) is 6.08. The number of rotatable bonds is 3. The molecule has 1 N–H and O–H groups in total. The predicted octanol–water partition coefficient (Wildman–Crippen LogP) is 2.10. The molecule has 3 rings (SSSR count). The third-order valence-corrected chi connectivity index (χ3v) is 3.46. The molecule has 0 saturated carbocycles. The van der Waals surface area contributed by atoms with E-state index in [0.29, 0.717) is 18.9 Å². The Morgan fingerprint density at radius 1 is 1.56 bits per heavy atom. The maximum atomic E-state index is 11.8. The van der Waals surface area contributed by atoms with Crippen LogP contribution in [0.4, 0.5) is 0 Å². The van der Waals surface area contributed by atoms with Gasteiger partial charge in [-0.25, -0.2) is 0 Å². The molecule has 92 valence electrons. The number of likely N-dealkylation sites (tertiary alicyclic amines) is 1. The molecule has 1 amide bonds. The zero-order valence-corrected chi connectivity index (χ0v) is 10.1. The molecule has 2 heterocycles. The molecule has 1 saturated heterocycles. The van der Waals surface area contributed by atoms with Crippen molar-refractivity contribution in [2.24, 2.45) is 5.92 Å². The van der Waals surface area contributed by atoms with E-state index in [9.17, 15) is 4.79 Å². The van der Waals surface area contributed by atoms with Gasteiger partial charge in [0.15, 0.2) is 0 Å². The van der Waals surface area contributed by atoms with E-state index in [-0.39, 0.29) is 5.91 Å². The van der Waals surface area contributed by atoms with Crippen LogP contribution in [0.25, 0.3) is 10.9 Å². The maximum Gasteiger partial charge on any atom is 0.223 e. The van der Waals surface area contributed by atoms with E-state index in [1.807, 2.05) is 23.1 Å². The van der Waals surface area contributed by atoms with Crippen LogP contribution in [-0.2, 0) is 11.3 Å². The molecule has 0 bridgehead atoms. The molecule has 4 heteroatoms. The minimum Gasteiger partial charge on any atom is -0.338 e. The third-order valence-electron chi connectivity index (χ3n) is 3.46. The maximum absolute atomic E-state index is 11.8. The fraction of sp³-hybridized carbons (Fsp3) is 0.286. The Hall–Kier alpha value is -2.10. The summed E-state index contributed by atoms with van der Waals surface area (Å²) in [6.45, 7) is 5.22. The smallest absolute Gasteiger partial charge is 0.223 e. The van der Waals surface area contributed by atoms with Crippen molar-refractivity contribution in [3.8, 4) is 0 Å². The lowest BCUT2D eigenvalue weighted by Crippen LogP contribution is -2.24. The molecule has 0 spiro atoms. The number of nitrogens with zero attached hydrogens (tertiary/aromatic N) is 2. The largest absolute Gasteiger partial charge is 0.338 e. The molecule has 0 aliphatic carbocycles. The van der Waals surface area contributed by atoms with Crippen LogP contribution in [0.3, 0.4) is 0 Å². The summed E-state index contributed by atoms with van der Waals surface area (Å²) in [6, 6.07) is 6.12. The molecular formula is C14H15N3O. The van der Waals surface area contributed by atoms with Gasteiger partial charge in [-0.1, -0.05) is 12.1 Å². The summed E-state index contributed by atoms with van der Waals surface area (Å²) < 4.78 is 0. The molecule has 2 aromatic rings. The Morgan fingerprint density at radius 2 is 2.44 bits per heavy atom. The van der Waals surface area contributed by atoms with Crippen LogP contribution in [0.15, 0.2) is 37.1 Å². The van der Waals surface area contributed by atoms with Gasteiger partial charge in [-0.15, -0.1) is 6.58 Å². The highest BCUT2D eigenvalue weighted by Gasteiger charge is 2.27. The Kier molecular flexibility index (Phi) is 2.63. The third kappa shape index (κ3) is 1.90. The van der Waals surface area contributed by atoms with Gasteiger partial charge in [0.05, 0.1) is 11.7 Å². The molecule has 1 aromatic carbocycles. The van der Waals surface area contributed by atoms with Crippen LogP contribution < -0.4 is 0 Å². The average molecular weight is 241 g/mol. The number of aromatic nitrogens is 2. The summed E-state index contributed by atoms with van der Waals surface area (Å²) in [6.07, 6.45) is 4.27. The summed E-state index contributed by atoms with van der Waals surface area (Å²) in [7, 11) is 0. The molecule has 1 fully saturated rings. The van der Waals surface area contributed by atoms with Crippen molar-refractivity contribution in [2.75, 3.05) is 6.54 Å². The number of amides is 1. The molecule has 18 heavy (non-hydrogen) atoms. The van der Waals surface area contributed by atoms with Crippen molar-refractivity contribution in [2.45, 2.75) is 13.0 Å². The molecular weight excluding hydrogens is 226 g/mol. The lowest BCUT2D eigenvalue weighted by atomic mass is 10.1. The van der Waals surface area contributed by atoms with Gasteiger partial charge in [0.2, 0.25) is 5.91 Å². The molecule has 1 atom stereocenters. The van der Waals surface area contributed by atoms with Gasteiger partial charge in [-0.3, -0.25) is 9.89 Å². The van der Waals surface area contributed by atoms with Crippen molar-refractivity contribution in [3.63, 3.8) is 0 Å². The summed E-state index contributed by atoms with van der Waals surface area (Å²) in [4.78, 5) is 13.7. The van der Waals surface area contributed by atoms with Gasteiger partial charge < -0.3 is 4.90 Å². The van der Waals surface area contributed by atoms with E-state index in [1.54, 1.807) is 6.20 Å². The number of aromatic amines is 1. The average Bonchev–Trinajstić information content (AvgIpc) is 2.96. The van der Waals surface area contributed by atoms with Crippen LogP contribution in [0.5, 0.6) is 0 Å². The topological polar surface area (TPSA) is 49.0 Å². The predicted molar refractivity (Wildman–Crippen MR) is 69.8 cm³/mol. The molecule has 1 aromatic heterocycles. The van der Waals surface area contributed by atoms with E-state index in [1.165, 1.54) is 0 Å². The second kappa shape index (κ2) is 4.29. The zero-order chi connectivity index (χ0) is 12.5. The quantitative estimate of drug-likeness (QED) is 0.836. The van der Waals surface area contributed by atoms with Crippen molar-refractivity contribution < 1.29 is 4.79 Å². The van der Waals surface area contributed by atoms with Gasteiger partial charge >= 0.3 is 0 Å². The van der Waals surface area contributed by atoms with Gasteiger partial charge in [0.1, 0.15) is 0 Å². The first-order valence-corrected chi connectivity index (χ1v) is 6.08. The second-order valence-corrected chi connectivity index (χ2v) is 4.77. The second-order valence-electron chi connectivity index (χ2n) is 4.77. The first kappa shape index (κ1) is 11.0. The van der Waals surface area contributed by atoms with E-state index in [2.05, 4.69) is 22.8 Å². The zero-order valence-electron chi connectivity index (χ0n) is 10.1. The molecule has 1 aliphatic rings. The van der Waals surface area contributed by atoms with Crippen LogP contribution in [-0.4, -0.2) is 27.5 Å². The molecule has 0 radical (unpaired) electrons. The van der Waals surface area contributed by atoms with Crippen molar-refractivity contribution in [3.05, 3.63) is 42.6 Å². The fourth-order valence-corrected chi connectivity index (χ4v) is 2.42. The Morgan fingerprint density at radius 3 is 3.22 bits per heavy atom. The fourth-order valence-electron chi connectivity index (χ4n) is 2.42. The van der Waals surface area contributed by atoms with E-state index in [0.717, 1.165) is 23.0 Å².